The van der Waals surface area contributed by atoms with Gasteiger partial charge in [0.15, 0.2) is 12.4 Å². The molecule has 0 saturated heterocycles. The van der Waals surface area contributed by atoms with Crippen molar-refractivity contribution in [1.82, 2.24) is 5.43 Å². The van der Waals surface area contributed by atoms with E-state index in [4.69, 9.17) is 4.74 Å². The Balaban J connectivity index is 1.95. The number of nitro groups is 1. The molecule has 0 fully saturated rings. The third-order valence-corrected chi connectivity index (χ3v) is 4.32. The minimum Gasteiger partial charge on any atom is -0.506 e. The van der Waals surface area contributed by atoms with E-state index in [1.54, 1.807) is 18.2 Å². The molecule has 0 aliphatic heterocycles. The van der Waals surface area contributed by atoms with Crippen molar-refractivity contribution in [2.45, 2.75) is 0 Å². The second-order valence-corrected chi connectivity index (χ2v) is 7.04. The lowest BCUT2D eigenvalue weighted by molar-refractivity contribution is -0.385. The Kier molecular flexibility index (Phi) is 6.92. The molecular formula is C15H11I2N3O5. The molecule has 25 heavy (non-hydrogen) atoms. The maximum atomic E-state index is 11.7. The molecule has 0 heterocycles. The van der Waals surface area contributed by atoms with Crippen LogP contribution in [0.4, 0.5) is 5.69 Å². The van der Waals surface area contributed by atoms with Crippen LogP contribution in [0.3, 0.4) is 0 Å². The molecule has 8 nitrogen and oxygen atoms in total. The van der Waals surface area contributed by atoms with E-state index < -0.39 is 17.4 Å². The summed E-state index contributed by atoms with van der Waals surface area (Å²) in [5.41, 5.74) is 2.47. The smallest absolute Gasteiger partial charge is 0.310 e. The van der Waals surface area contributed by atoms with Gasteiger partial charge in [0.25, 0.3) is 5.91 Å². The molecule has 0 aliphatic rings. The van der Waals surface area contributed by atoms with Crippen molar-refractivity contribution >= 4 is 63.0 Å². The number of hydrogen-bond acceptors (Lipinski definition) is 6. The molecule has 2 aromatic carbocycles. The maximum absolute atomic E-state index is 11.7. The quantitative estimate of drug-likeness (QED) is 0.241. The zero-order valence-electron chi connectivity index (χ0n) is 12.5. The number of hydrogen-bond donors (Lipinski definition) is 2. The van der Waals surface area contributed by atoms with Gasteiger partial charge < -0.3 is 9.84 Å². The number of phenols is 1. The highest BCUT2D eigenvalue weighted by Crippen LogP contribution is 2.26. The Bertz CT molecular complexity index is 842. The van der Waals surface area contributed by atoms with Crippen molar-refractivity contribution in [3.05, 3.63) is 59.2 Å². The minimum absolute atomic E-state index is 0.00330. The van der Waals surface area contributed by atoms with Crippen LogP contribution in [0.15, 0.2) is 41.5 Å². The summed E-state index contributed by atoms with van der Waals surface area (Å²) in [4.78, 5) is 22.0. The topological polar surface area (TPSA) is 114 Å². The second-order valence-electron chi connectivity index (χ2n) is 4.63. The van der Waals surface area contributed by atoms with Gasteiger partial charge in [-0.1, -0.05) is 12.1 Å². The molecule has 2 aromatic rings. The molecule has 0 saturated carbocycles. The van der Waals surface area contributed by atoms with Gasteiger partial charge in [-0.15, -0.1) is 0 Å². The van der Waals surface area contributed by atoms with Crippen molar-refractivity contribution in [3.8, 4) is 11.5 Å². The molecule has 1 amide bonds. The van der Waals surface area contributed by atoms with Gasteiger partial charge in [0.2, 0.25) is 0 Å². The first-order chi connectivity index (χ1) is 11.9. The van der Waals surface area contributed by atoms with E-state index in [1.165, 1.54) is 24.4 Å². The highest BCUT2D eigenvalue weighted by molar-refractivity contribution is 14.1. The number of hydrazone groups is 1. The van der Waals surface area contributed by atoms with Crippen molar-refractivity contribution < 1.29 is 19.6 Å². The van der Waals surface area contributed by atoms with Crippen LogP contribution in [0, 0.1) is 17.3 Å². The number of aromatic hydroxyl groups is 1. The predicted molar refractivity (Wildman–Crippen MR) is 108 cm³/mol. The molecular weight excluding hydrogens is 556 g/mol. The Morgan fingerprint density at radius 3 is 2.80 bits per heavy atom. The minimum atomic E-state index is -0.590. The van der Waals surface area contributed by atoms with E-state index in [9.17, 15) is 20.0 Å². The van der Waals surface area contributed by atoms with Crippen molar-refractivity contribution in [1.29, 1.82) is 0 Å². The number of rotatable bonds is 6. The lowest BCUT2D eigenvalue weighted by Gasteiger charge is -2.05. The van der Waals surface area contributed by atoms with Gasteiger partial charge in [-0.05, 0) is 63.4 Å². The molecule has 2 rings (SSSR count). The van der Waals surface area contributed by atoms with Crippen molar-refractivity contribution in [3.63, 3.8) is 0 Å². The maximum Gasteiger partial charge on any atom is 0.310 e. The molecule has 0 aromatic heterocycles. The summed E-state index contributed by atoms with van der Waals surface area (Å²) in [5.74, 6) is -0.527. The third kappa shape index (κ3) is 5.52. The Labute approximate surface area is 169 Å². The average molecular weight is 567 g/mol. The number of ether oxygens (including phenoxy) is 1. The first-order valence-electron chi connectivity index (χ1n) is 6.74. The molecule has 0 radical (unpaired) electrons. The van der Waals surface area contributed by atoms with Gasteiger partial charge >= 0.3 is 5.69 Å². The monoisotopic (exact) mass is 567 g/mol. The van der Waals surface area contributed by atoms with E-state index in [-0.39, 0.29) is 17.2 Å². The fourth-order valence-corrected chi connectivity index (χ4v) is 3.65. The summed E-state index contributed by atoms with van der Waals surface area (Å²) < 4.78 is 6.72. The lowest BCUT2D eigenvalue weighted by atomic mass is 10.2. The number of para-hydroxylation sites is 2. The van der Waals surface area contributed by atoms with Gasteiger partial charge in [0.05, 0.1) is 14.7 Å². The third-order valence-electron chi connectivity index (χ3n) is 2.87. The standard InChI is InChI=1S/C15H11I2N3O5/c16-10-5-9(15(22)11(17)6-10)7-18-19-14(21)8-25-13-4-2-1-3-12(13)20(23)24/h1-7,22H,8H2,(H,19,21)/b18-7+. The van der Waals surface area contributed by atoms with Crippen LogP contribution in [0.25, 0.3) is 0 Å². The number of nitrogens with one attached hydrogen (secondary N) is 1. The van der Waals surface area contributed by atoms with E-state index in [2.05, 4.69) is 33.1 Å². The normalized spacial score (nSPS) is 10.6. The molecule has 10 heteroatoms. The summed E-state index contributed by atoms with van der Waals surface area (Å²) in [6, 6.07) is 9.27. The van der Waals surface area contributed by atoms with E-state index >= 15 is 0 Å². The zero-order valence-corrected chi connectivity index (χ0v) is 16.8. The van der Waals surface area contributed by atoms with E-state index in [1.807, 2.05) is 22.6 Å². The zero-order chi connectivity index (χ0) is 18.4. The van der Waals surface area contributed by atoms with Crippen LogP contribution in [0.2, 0.25) is 0 Å². The van der Waals surface area contributed by atoms with Gasteiger partial charge in [0, 0.05) is 15.2 Å². The first-order valence-corrected chi connectivity index (χ1v) is 8.90. The Hall–Kier alpha value is -1.96. The van der Waals surface area contributed by atoms with Crippen LogP contribution >= 0.6 is 45.2 Å². The summed E-state index contributed by atoms with van der Waals surface area (Å²) in [6.45, 7) is -0.433. The summed E-state index contributed by atoms with van der Waals surface area (Å²) in [7, 11) is 0. The largest absolute Gasteiger partial charge is 0.506 e. The van der Waals surface area contributed by atoms with Gasteiger partial charge in [0.1, 0.15) is 5.75 Å². The average Bonchev–Trinajstić information content (AvgIpc) is 2.57. The SMILES string of the molecule is O=C(COc1ccccc1[N+](=O)[O-])N/N=C/c1cc(I)cc(I)c1O. The molecule has 0 bridgehead atoms. The van der Waals surface area contributed by atoms with Crippen LogP contribution in [-0.4, -0.2) is 28.8 Å². The van der Waals surface area contributed by atoms with Crippen molar-refractivity contribution in [2.24, 2.45) is 5.10 Å². The number of halogens is 2. The van der Waals surface area contributed by atoms with Crippen LogP contribution in [-0.2, 0) is 4.79 Å². The van der Waals surface area contributed by atoms with Gasteiger partial charge in [-0.2, -0.15) is 5.10 Å². The second kappa shape index (κ2) is 8.94. The highest BCUT2D eigenvalue weighted by atomic mass is 127. The van der Waals surface area contributed by atoms with Gasteiger partial charge in [-0.3, -0.25) is 14.9 Å². The summed E-state index contributed by atoms with van der Waals surface area (Å²) >= 11 is 4.09. The molecule has 0 atom stereocenters. The van der Waals surface area contributed by atoms with E-state index in [0.29, 0.717) is 9.13 Å². The first kappa shape index (κ1) is 19.4. The number of phenolic OH excluding ortho intramolecular Hbond substituents is 1. The number of nitro benzene ring substituents is 1. The Morgan fingerprint density at radius 1 is 1.36 bits per heavy atom. The Morgan fingerprint density at radius 2 is 2.08 bits per heavy atom. The number of carbonyl (C=O) groups excluding carboxylic acids is 1. The summed E-state index contributed by atoms with van der Waals surface area (Å²) in [5, 5.41) is 24.5. The van der Waals surface area contributed by atoms with Crippen LogP contribution in [0.5, 0.6) is 11.5 Å². The van der Waals surface area contributed by atoms with E-state index in [0.717, 1.165) is 3.57 Å². The molecule has 2 N–H and O–H groups in total. The predicted octanol–water partition coefficient (Wildman–Crippen LogP) is 3.04. The van der Waals surface area contributed by atoms with Crippen LogP contribution in [0.1, 0.15) is 5.56 Å². The van der Waals surface area contributed by atoms with Crippen molar-refractivity contribution in [2.75, 3.05) is 6.61 Å². The number of benzene rings is 2. The van der Waals surface area contributed by atoms with Crippen LogP contribution < -0.4 is 10.2 Å². The van der Waals surface area contributed by atoms with Gasteiger partial charge in [-0.25, -0.2) is 5.43 Å². The molecule has 0 unspecified atom stereocenters. The molecule has 0 spiro atoms. The lowest BCUT2D eigenvalue weighted by Crippen LogP contribution is -2.24. The highest BCUT2D eigenvalue weighted by Gasteiger charge is 2.14. The number of nitrogens with zero attached hydrogens (tertiary/aromatic N) is 2. The molecule has 0 aliphatic carbocycles. The number of amides is 1. The summed E-state index contributed by atoms with van der Waals surface area (Å²) in [6.07, 6.45) is 1.31. The fraction of sp³-hybridized carbons (Fsp3) is 0.0667. The molecule has 130 valence electrons. The fourth-order valence-electron chi connectivity index (χ4n) is 1.76. The number of carbonyl (C=O) groups is 1.